The minimum Gasteiger partial charge on any atom is -0.395 e. The Morgan fingerprint density at radius 2 is 1.50 bits per heavy atom. The predicted molar refractivity (Wildman–Crippen MR) is 63.8 cm³/mol. The summed E-state index contributed by atoms with van der Waals surface area (Å²) in [5.74, 6) is 0. The third kappa shape index (κ3) is 40.7. The minimum atomic E-state index is 0.268. The van der Waals surface area contributed by atoms with E-state index in [-0.39, 0.29) is 6.61 Å². The molecule has 14 heavy (non-hydrogen) atoms. The van der Waals surface area contributed by atoms with Crippen molar-refractivity contribution < 1.29 is 9.84 Å². The van der Waals surface area contributed by atoms with Crippen LogP contribution in [0.2, 0.25) is 0 Å². The van der Waals surface area contributed by atoms with Gasteiger partial charge in [0.15, 0.2) is 0 Å². The van der Waals surface area contributed by atoms with Crippen LogP contribution < -0.4 is 0 Å². The van der Waals surface area contributed by atoms with E-state index in [9.17, 15) is 0 Å². The van der Waals surface area contributed by atoms with E-state index in [1.807, 2.05) is 14.0 Å². The van der Waals surface area contributed by atoms with Crippen molar-refractivity contribution >= 4 is 0 Å². The Hall–Kier alpha value is -0.120. The van der Waals surface area contributed by atoms with Gasteiger partial charge in [-0.05, 0) is 20.5 Å². The summed E-state index contributed by atoms with van der Waals surface area (Å²) < 4.78 is 4.54. The molecule has 0 aliphatic rings. The van der Waals surface area contributed by atoms with Crippen LogP contribution in [0.4, 0.5) is 0 Å². The van der Waals surface area contributed by atoms with E-state index < -0.39 is 0 Å². The predicted octanol–water partition coefficient (Wildman–Crippen LogP) is 2.00. The largest absolute Gasteiger partial charge is 0.395 e. The Balaban J connectivity index is -0.000000147. The lowest BCUT2D eigenvalue weighted by molar-refractivity contribution is 0.215. The number of aliphatic hydroxyl groups excluding tert-OH is 1. The zero-order chi connectivity index (χ0) is 11.8. The van der Waals surface area contributed by atoms with Gasteiger partial charge in [-0.25, -0.2) is 0 Å². The molecule has 1 N–H and O–H groups in total. The Morgan fingerprint density at radius 3 is 1.57 bits per heavy atom. The van der Waals surface area contributed by atoms with Crippen LogP contribution in [-0.4, -0.2) is 50.5 Å². The molecule has 3 nitrogen and oxygen atoms in total. The molecule has 0 aromatic carbocycles. The topological polar surface area (TPSA) is 32.7 Å². The first-order valence-electron chi connectivity index (χ1n) is 5.42. The van der Waals surface area contributed by atoms with E-state index in [2.05, 4.69) is 30.4 Å². The Bertz CT molecular complexity index is 68.3. The molecular formula is C11H29NO2. The summed E-state index contributed by atoms with van der Waals surface area (Å²) in [5, 5.41) is 8.33. The van der Waals surface area contributed by atoms with Crippen LogP contribution >= 0.6 is 0 Å². The molecule has 0 unspecified atom stereocenters. The van der Waals surface area contributed by atoms with Gasteiger partial charge in [-0.15, -0.1) is 0 Å². The Morgan fingerprint density at radius 1 is 1.14 bits per heavy atom. The highest BCUT2D eigenvalue weighted by molar-refractivity contribution is 4.41. The molecule has 0 spiro atoms. The smallest absolute Gasteiger partial charge is 0.0558 e. The second-order valence-corrected chi connectivity index (χ2v) is 2.90. The van der Waals surface area contributed by atoms with Crippen molar-refractivity contribution in [2.45, 2.75) is 34.1 Å². The molecule has 0 saturated heterocycles. The normalized spacial score (nSPS) is 8.57. The molecule has 3 heteroatoms. The van der Waals surface area contributed by atoms with Gasteiger partial charge in [0.2, 0.25) is 0 Å². The minimum absolute atomic E-state index is 0.268. The summed E-state index contributed by atoms with van der Waals surface area (Å²) in [6, 6.07) is 0. The fourth-order valence-electron chi connectivity index (χ4n) is 0.329. The number of hydrogen-bond donors (Lipinski definition) is 1. The lowest BCUT2D eigenvalue weighted by atomic mass is 10.6. The fraction of sp³-hybridized carbons (Fsp3) is 1.00. The molecule has 90 valence electrons. The van der Waals surface area contributed by atoms with Crippen LogP contribution in [0.3, 0.4) is 0 Å². The summed E-state index contributed by atoms with van der Waals surface area (Å²) in [6.07, 6.45) is 1.25. The van der Waals surface area contributed by atoms with Gasteiger partial charge in [0.25, 0.3) is 0 Å². The first kappa shape index (κ1) is 19.5. The second-order valence-electron chi connectivity index (χ2n) is 2.90. The highest BCUT2D eigenvalue weighted by atomic mass is 16.5. The van der Waals surface area contributed by atoms with Crippen molar-refractivity contribution in [3.63, 3.8) is 0 Å². The Kier molecular flexibility index (Phi) is 32.0. The van der Waals surface area contributed by atoms with Gasteiger partial charge < -0.3 is 14.7 Å². The van der Waals surface area contributed by atoms with Crippen LogP contribution in [-0.2, 0) is 4.74 Å². The summed E-state index contributed by atoms with van der Waals surface area (Å²) >= 11 is 0. The molecule has 0 bridgehead atoms. The van der Waals surface area contributed by atoms with E-state index >= 15 is 0 Å². The van der Waals surface area contributed by atoms with Gasteiger partial charge in [0.1, 0.15) is 0 Å². The van der Waals surface area contributed by atoms with Gasteiger partial charge >= 0.3 is 0 Å². The van der Waals surface area contributed by atoms with Crippen LogP contribution in [0.1, 0.15) is 34.1 Å². The van der Waals surface area contributed by atoms with E-state index in [0.29, 0.717) is 0 Å². The zero-order valence-electron chi connectivity index (χ0n) is 10.8. The summed E-state index contributed by atoms with van der Waals surface area (Å²) in [5.41, 5.74) is 0. The maximum Gasteiger partial charge on any atom is 0.0558 e. The maximum absolute atomic E-state index is 8.33. The van der Waals surface area contributed by atoms with Gasteiger partial charge in [0, 0.05) is 20.3 Å². The first-order valence-corrected chi connectivity index (χ1v) is 5.42. The highest BCUT2D eigenvalue weighted by Crippen LogP contribution is 1.75. The maximum atomic E-state index is 8.33. The standard InChI is InChI=1S/C5H13NO.C3H8O.C3H8/c1-3-6(2)4-5-7;1-3-4-2;1-3-2/h7H,3-5H2,1-2H3;3H2,1-2H3;3H2,1-2H3. The Labute approximate surface area is 90.1 Å². The van der Waals surface area contributed by atoms with Crippen molar-refractivity contribution in [2.75, 3.05) is 40.5 Å². The number of likely N-dealkylation sites (N-methyl/N-ethyl adjacent to an activating group) is 1. The number of aliphatic hydroxyl groups is 1. The van der Waals surface area contributed by atoms with E-state index in [1.54, 1.807) is 7.11 Å². The lowest BCUT2D eigenvalue weighted by Crippen LogP contribution is -2.20. The molecule has 0 aliphatic heterocycles. The van der Waals surface area contributed by atoms with Crippen molar-refractivity contribution in [1.82, 2.24) is 4.90 Å². The zero-order valence-corrected chi connectivity index (χ0v) is 10.8. The van der Waals surface area contributed by atoms with Crippen molar-refractivity contribution in [1.29, 1.82) is 0 Å². The number of ether oxygens (including phenoxy) is 1. The third-order valence-electron chi connectivity index (χ3n) is 1.31. The summed E-state index contributed by atoms with van der Waals surface area (Å²) in [7, 11) is 3.66. The molecule has 0 atom stereocenters. The van der Waals surface area contributed by atoms with Crippen molar-refractivity contribution in [3.8, 4) is 0 Å². The van der Waals surface area contributed by atoms with Crippen LogP contribution in [0, 0.1) is 0 Å². The van der Waals surface area contributed by atoms with E-state index in [0.717, 1.165) is 19.7 Å². The van der Waals surface area contributed by atoms with Crippen molar-refractivity contribution in [2.24, 2.45) is 0 Å². The summed E-state index contributed by atoms with van der Waals surface area (Å²) in [4.78, 5) is 2.06. The molecule has 0 aromatic heterocycles. The molecule has 0 radical (unpaired) electrons. The SMILES string of the molecule is CCC.CCN(C)CCO.CCOC. The second kappa shape index (κ2) is 23.1. The van der Waals surface area contributed by atoms with Crippen LogP contribution in [0.5, 0.6) is 0 Å². The first-order chi connectivity index (χ1) is 6.64. The third-order valence-corrected chi connectivity index (χ3v) is 1.31. The van der Waals surface area contributed by atoms with Gasteiger partial charge in [0.05, 0.1) is 6.61 Å². The average Bonchev–Trinajstić information content (AvgIpc) is 2.20. The lowest BCUT2D eigenvalue weighted by Gasteiger charge is -2.09. The molecule has 0 fully saturated rings. The van der Waals surface area contributed by atoms with Crippen LogP contribution in [0.25, 0.3) is 0 Å². The van der Waals surface area contributed by atoms with E-state index in [1.165, 1.54) is 6.42 Å². The fourth-order valence-corrected chi connectivity index (χ4v) is 0.329. The number of hydrogen-bond acceptors (Lipinski definition) is 3. The molecule has 0 rings (SSSR count). The molecular weight excluding hydrogens is 178 g/mol. The highest BCUT2D eigenvalue weighted by Gasteiger charge is 1.87. The molecule has 0 aliphatic carbocycles. The quantitative estimate of drug-likeness (QED) is 0.765. The van der Waals surface area contributed by atoms with Gasteiger partial charge in [-0.2, -0.15) is 0 Å². The molecule has 0 saturated carbocycles. The number of rotatable bonds is 4. The number of methoxy groups -OCH3 is 1. The summed E-state index contributed by atoms with van der Waals surface area (Å²) in [6.45, 7) is 11.2. The monoisotopic (exact) mass is 207 g/mol. The van der Waals surface area contributed by atoms with E-state index in [4.69, 9.17) is 5.11 Å². The van der Waals surface area contributed by atoms with Gasteiger partial charge in [-0.1, -0.05) is 27.2 Å². The van der Waals surface area contributed by atoms with Crippen molar-refractivity contribution in [3.05, 3.63) is 0 Å². The molecule has 0 aromatic rings. The number of nitrogens with zero attached hydrogens (tertiary/aromatic N) is 1. The molecule has 0 heterocycles. The molecule has 0 amide bonds. The average molecular weight is 207 g/mol. The van der Waals surface area contributed by atoms with Crippen LogP contribution in [0.15, 0.2) is 0 Å². The van der Waals surface area contributed by atoms with Gasteiger partial charge in [-0.3, -0.25) is 0 Å².